The summed E-state index contributed by atoms with van der Waals surface area (Å²) in [5.74, 6) is 0.371. The predicted octanol–water partition coefficient (Wildman–Crippen LogP) is 6.14. The highest BCUT2D eigenvalue weighted by Crippen LogP contribution is 2.22. The molecule has 0 atom stereocenters. The van der Waals surface area contributed by atoms with Crippen molar-refractivity contribution >= 4 is 44.0 Å². The van der Waals surface area contributed by atoms with Crippen LogP contribution in [0.25, 0.3) is 21.8 Å². The molecule has 2 aromatic heterocycles. The molecule has 0 saturated heterocycles. The molecule has 5 rings (SSSR count). The highest BCUT2D eigenvalue weighted by Gasteiger charge is 2.12. The first-order chi connectivity index (χ1) is 16.5. The van der Waals surface area contributed by atoms with Crippen LogP contribution in [0.1, 0.15) is 30.3 Å². The van der Waals surface area contributed by atoms with E-state index in [1.54, 1.807) is 18.3 Å². The minimum Gasteiger partial charge on any atom is -0.342 e. The number of aromatic nitrogens is 3. The molecule has 170 valence electrons. The van der Waals surface area contributed by atoms with Crippen LogP contribution in [0.5, 0.6) is 0 Å². The zero-order valence-electron chi connectivity index (χ0n) is 18.6. The lowest BCUT2D eigenvalue weighted by molar-refractivity contribution is 0.624. The lowest BCUT2D eigenvalue weighted by Crippen LogP contribution is -2.22. The maximum absolute atomic E-state index is 13.7. The third-order valence-corrected chi connectivity index (χ3v) is 6.22. The van der Waals surface area contributed by atoms with Crippen LogP contribution < -0.4 is 5.56 Å². The summed E-state index contributed by atoms with van der Waals surface area (Å²) >= 11 is 3.44. The monoisotopic (exact) mass is 516 g/mol. The number of benzene rings is 3. The fourth-order valence-electron chi connectivity index (χ4n) is 4.16. The van der Waals surface area contributed by atoms with Gasteiger partial charge in [-0.1, -0.05) is 53.2 Å². The van der Waals surface area contributed by atoms with Gasteiger partial charge < -0.3 is 4.57 Å². The SMILES string of the molecule is CCCc1nc2ccc(Br)cc2c(=O)n1N=Cc1cn(Cc2cccc(F)c2)c2ccccc12. The second-order valence-corrected chi connectivity index (χ2v) is 9.08. The fourth-order valence-corrected chi connectivity index (χ4v) is 4.52. The zero-order chi connectivity index (χ0) is 23.7. The number of hydrogen-bond acceptors (Lipinski definition) is 3. The van der Waals surface area contributed by atoms with Gasteiger partial charge in [-0.15, -0.1) is 0 Å². The van der Waals surface area contributed by atoms with Crippen LogP contribution in [0.3, 0.4) is 0 Å². The Morgan fingerprint density at radius 3 is 2.74 bits per heavy atom. The molecule has 0 unspecified atom stereocenters. The molecule has 5 aromatic rings. The summed E-state index contributed by atoms with van der Waals surface area (Å²) in [6, 6.07) is 20.1. The number of para-hydroxylation sites is 1. The quantitative estimate of drug-likeness (QED) is 0.254. The summed E-state index contributed by atoms with van der Waals surface area (Å²) < 4.78 is 18.0. The molecule has 5 nitrogen and oxygen atoms in total. The van der Waals surface area contributed by atoms with Crippen LogP contribution in [0, 0.1) is 5.82 Å². The lowest BCUT2D eigenvalue weighted by Gasteiger charge is -2.08. The third-order valence-electron chi connectivity index (χ3n) is 5.72. The fraction of sp³-hybridized carbons (Fsp3) is 0.148. The molecule has 0 aliphatic carbocycles. The molecule has 0 bridgehead atoms. The Bertz CT molecular complexity index is 1600. The van der Waals surface area contributed by atoms with Crippen molar-refractivity contribution in [3.05, 3.63) is 111 Å². The molecule has 0 N–H and O–H groups in total. The van der Waals surface area contributed by atoms with Gasteiger partial charge in [0.25, 0.3) is 5.56 Å². The summed E-state index contributed by atoms with van der Waals surface area (Å²) in [4.78, 5) is 18.0. The van der Waals surface area contributed by atoms with Gasteiger partial charge in [0.15, 0.2) is 0 Å². The van der Waals surface area contributed by atoms with Crippen LogP contribution in [-0.2, 0) is 13.0 Å². The second-order valence-electron chi connectivity index (χ2n) is 8.16. The molecule has 3 aromatic carbocycles. The highest BCUT2D eigenvalue weighted by atomic mass is 79.9. The molecule has 0 amide bonds. The predicted molar refractivity (Wildman–Crippen MR) is 138 cm³/mol. The van der Waals surface area contributed by atoms with Crippen LogP contribution >= 0.6 is 15.9 Å². The molecule has 7 heteroatoms. The van der Waals surface area contributed by atoms with E-state index in [0.717, 1.165) is 32.9 Å². The van der Waals surface area contributed by atoms with Gasteiger partial charge in [-0.3, -0.25) is 4.79 Å². The summed E-state index contributed by atoms with van der Waals surface area (Å²) in [5, 5.41) is 6.10. The van der Waals surface area contributed by atoms with Crippen molar-refractivity contribution in [2.75, 3.05) is 0 Å². The van der Waals surface area contributed by atoms with E-state index >= 15 is 0 Å². The van der Waals surface area contributed by atoms with Crippen molar-refractivity contribution in [2.24, 2.45) is 5.10 Å². The second kappa shape index (κ2) is 9.35. The molecule has 0 fully saturated rings. The minimum atomic E-state index is -0.256. The van der Waals surface area contributed by atoms with Crippen molar-refractivity contribution < 1.29 is 4.39 Å². The molecular weight excluding hydrogens is 495 g/mol. The third kappa shape index (κ3) is 4.31. The van der Waals surface area contributed by atoms with Gasteiger partial charge in [0, 0.05) is 40.1 Å². The summed E-state index contributed by atoms with van der Waals surface area (Å²) in [6.45, 7) is 2.57. The van der Waals surface area contributed by atoms with E-state index in [1.807, 2.05) is 55.6 Å². The Kier molecular flexibility index (Phi) is 6.11. The van der Waals surface area contributed by atoms with E-state index in [9.17, 15) is 9.18 Å². The van der Waals surface area contributed by atoms with E-state index in [1.165, 1.54) is 16.8 Å². The van der Waals surface area contributed by atoms with E-state index in [2.05, 4.69) is 25.6 Å². The van der Waals surface area contributed by atoms with Crippen molar-refractivity contribution in [1.29, 1.82) is 0 Å². The summed E-state index contributed by atoms with van der Waals surface area (Å²) in [7, 11) is 0. The molecule has 0 aliphatic rings. The number of halogens is 2. The average Bonchev–Trinajstić information content (AvgIpc) is 3.17. The summed E-state index contributed by atoms with van der Waals surface area (Å²) in [6.07, 6.45) is 5.17. The normalized spacial score (nSPS) is 11.7. The molecule has 0 aliphatic heterocycles. The standard InChI is InChI=1S/C27H22BrFN4O/c1-2-6-26-31-24-12-11-20(28)14-23(24)27(34)33(26)30-15-19-17-32(25-10-4-3-9-22(19)25)16-18-7-5-8-21(29)13-18/h3-5,7-15,17H,2,6,16H2,1H3. The summed E-state index contributed by atoms with van der Waals surface area (Å²) in [5.41, 5.74) is 3.21. The smallest absolute Gasteiger partial charge is 0.282 e. The first-order valence-corrected chi connectivity index (χ1v) is 11.9. The maximum atomic E-state index is 13.7. The van der Waals surface area contributed by atoms with Gasteiger partial charge in [-0.05, 0) is 48.4 Å². The van der Waals surface area contributed by atoms with Gasteiger partial charge in [-0.25, -0.2) is 9.37 Å². The minimum absolute atomic E-state index is 0.200. The van der Waals surface area contributed by atoms with Crippen molar-refractivity contribution in [3.63, 3.8) is 0 Å². The van der Waals surface area contributed by atoms with Crippen LogP contribution in [0.2, 0.25) is 0 Å². The van der Waals surface area contributed by atoms with Gasteiger partial charge in [0.2, 0.25) is 0 Å². The highest BCUT2D eigenvalue weighted by molar-refractivity contribution is 9.10. The number of aryl methyl sites for hydroxylation is 1. The maximum Gasteiger partial charge on any atom is 0.282 e. The first-order valence-electron chi connectivity index (χ1n) is 11.1. The van der Waals surface area contributed by atoms with E-state index in [4.69, 9.17) is 4.98 Å². The zero-order valence-corrected chi connectivity index (χ0v) is 20.2. The molecule has 34 heavy (non-hydrogen) atoms. The van der Waals surface area contributed by atoms with Gasteiger partial charge in [0.1, 0.15) is 11.6 Å². The average molecular weight is 517 g/mol. The van der Waals surface area contributed by atoms with Crippen molar-refractivity contribution in [3.8, 4) is 0 Å². The van der Waals surface area contributed by atoms with Crippen LogP contribution in [-0.4, -0.2) is 20.4 Å². The van der Waals surface area contributed by atoms with E-state index in [0.29, 0.717) is 29.7 Å². The molecule has 0 spiro atoms. The number of rotatable bonds is 6. The van der Waals surface area contributed by atoms with Crippen molar-refractivity contribution in [1.82, 2.24) is 14.2 Å². The largest absolute Gasteiger partial charge is 0.342 e. The number of hydrogen-bond donors (Lipinski definition) is 0. The molecule has 0 radical (unpaired) electrons. The van der Waals surface area contributed by atoms with Gasteiger partial charge in [-0.2, -0.15) is 9.78 Å². The number of fused-ring (bicyclic) bond motifs is 2. The van der Waals surface area contributed by atoms with Crippen LogP contribution in [0.15, 0.2) is 87.3 Å². The molecule has 0 saturated carbocycles. The van der Waals surface area contributed by atoms with Crippen LogP contribution in [0.4, 0.5) is 4.39 Å². The van der Waals surface area contributed by atoms with Gasteiger partial charge in [0.05, 0.1) is 17.1 Å². The topological polar surface area (TPSA) is 52.2 Å². The Morgan fingerprint density at radius 1 is 1.06 bits per heavy atom. The Hall–Kier alpha value is -3.58. The number of nitrogens with zero attached hydrogens (tertiary/aromatic N) is 4. The van der Waals surface area contributed by atoms with E-state index < -0.39 is 0 Å². The van der Waals surface area contributed by atoms with Gasteiger partial charge >= 0.3 is 0 Å². The first kappa shape index (κ1) is 22.2. The Morgan fingerprint density at radius 2 is 1.91 bits per heavy atom. The molecular formula is C27H22BrFN4O. The Balaban J connectivity index is 1.60. The van der Waals surface area contributed by atoms with Crippen molar-refractivity contribution in [2.45, 2.75) is 26.3 Å². The molecule has 2 heterocycles. The lowest BCUT2D eigenvalue weighted by atomic mass is 10.2. The Labute approximate surface area is 204 Å². The van der Waals surface area contributed by atoms with E-state index in [-0.39, 0.29) is 11.4 Å².